The molecule has 27 heavy (non-hydrogen) atoms. The largest absolute Gasteiger partial charge is 0.345 e. The highest BCUT2D eigenvalue weighted by Crippen LogP contribution is 2.28. The predicted molar refractivity (Wildman–Crippen MR) is 102 cm³/mol. The second-order valence-corrected chi connectivity index (χ2v) is 7.15. The van der Waals surface area contributed by atoms with E-state index in [-0.39, 0.29) is 11.7 Å². The Balaban J connectivity index is 1.41. The molecule has 3 aromatic rings. The summed E-state index contributed by atoms with van der Waals surface area (Å²) < 4.78 is 26.4. The number of piperazine rings is 1. The zero-order valence-electron chi connectivity index (χ0n) is 14.4. The van der Waals surface area contributed by atoms with Crippen LogP contribution in [0.5, 0.6) is 0 Å². The van der Waals surface area contributed by atoms with Gasteiger partial charge in [-0.1, -0.05) is 6.07 Å². The molecule has 0 aliphatic carbocycles. The van der Waals surface area contributed by atoms with Crippen molar-refractivity contribution in [3.05, 3.63) is 71.1 Å². The molecule has 0 saturated carbocycles. The van der Waals surface area contributed by atoms with Crippen LogP contribution in [0, 0.1) is 11.6 Å². The molecular formula is C20H17F2N3OS. The van der Waals surface area contributed by atoms with E-state index in [0.717, 1.165) is 16.4 Å². The van der Waals surface area contributed by atoms with Gasteiger partial charge in [-0.15, -0.1) is 11.3 Å². The molecule has 7 heteroatoms. The van der Waals surface area contributed by atoms with Crippen LogP contribution >= 0.6 is 11.3 Å². The first kappa shape index (κ1) is 17.6. The van der Waals surface area contributed by atoms with Crippen LogP contribution in [0.3, 0.4) is 0 Å². The molecule has 1 aliphatic rings. The Morgan fingerprint density at radius 2 is 1.70 bits per heavy atom. The minimum Gasteiger partial charge on any atom is -0.345 e. The van der Waals surface area contributed by atoms with E-state index in [2.05, 4.69) is 9.88 Å². The van der Waals surface area contributed by atoms with Gasteiger partial charge >= 0.3 is 0 Å². The minimum atomic E-state index is -0.407. The van der Waals surface area contributed by atoms with E-state index in [0.29, 0.717) is 31.7 Å². The van der Waals surface area contributed by atoms with Gasteiger partial charge in [0.15, 0.2) is 5.13 Å². The van der Waals surface area contributed by atoms with Crippen molar-refractivity contribution in [3.8, 4) is 11.3 Å². The lowest BCUT2D eigenvalue weighted by atomic mass is 10.2. The third-order valence-corrected chi connectivity index (χ3v) is 5.44. The zero-order chi connectivity index (χ0) is 18.8. The van der Waals surface area contributed by atoms with Gasteiger partial charge in [0.25, 0.3) is 5.91 Å². The standard InChI is InChI=1S/C20H17F2N3OS/c21-16-6-4-14(5-7-16)18-13-27-20(23-18)25-10-8-24(9-11-25)19(26)15-2-1-3-17(22)12-15/h1-7,12-13H,8-11H2. The monoisotopic (exact) mass is 385 g/mol. The molecule has 4 nitrogen and oxygen atoms in total. The summed E-state index contributed by atoms with van der Waals surface area (Å²) in [6.07, 6.45) is 0. The van der Waals surface area contributed by atoms with Gasteiger partial charge in [-0.2, -0.15) is 0 Å². The smallest absolute Gasteiger partial charge is 0.254 e. The SMILES string of the molecule is O=C(c1cccc(F)c1)N1CCN(c2nc(-c3ccc(F)cc3)cs2)CC1. The van der Waals surface area contributed by atoms with Gasteiger partial charge < -0.3 is 9.80 Å². The van der Waals surface area contributed by atoms with E-state index in [1.54, 1.807) is 29.2 Å². The molecule has 2 heterocycles. The molecule has 1 fully saturated rings. The maximum Gasteiger partial charge on any atom is 0.254 e. The summed E-state index contributed by atoms with van der Waals surface area (Å²) in [5.41, 5.74) is 2.06. The second kappa shape index (κ2) is 7.44. The van der Waals surface area contributed by atoms with Crippen LogP contribution in [-0.4, -0.2) is 42.0 Å². The maximum atomic E-state index is 13.3. The highest BCUT2D eigenvalue weighted by molar-refractivity contribution is 7.14. The average Bonchev–Trinajstić information content (AvgIpc) is 3.18. The number of nitrogens with zero attached hydrogens (tertiary/aromatic N) is 3. The number of thiazole rings is 1. The number of benzene rings is 2. The normalized spacial score (nSPS) is 14.4. The van der Waals surface area contributed by atoms with E-state index in [9.17, 15) is 13.6 Å². The first-order valence-electron chi connectivity index (χ1n) is 8.61. The van der Waals surface area contributed by atoms with Gasteiger partial charge in [0.2, 0.25) is 0 Å². The minimum absolute atomic E-state index is 0.153. The number of hydrogen-bond donors (Lipinski definition) is 0. The number of anilines is 1. The molecule has 1 aromatic heterocycles. The van der Waals surface area contributed by atoms with Gasteiger partial charge in [0.1, 0.15) is 11.6 Å². The summed E-state index contributed by atoms with van der Waals surface area (Å²) in [6.45, 7) is 2.44. The number of halogens is 2. The molecule has 4 rings (SSSR count). The summed E-state index contributed by atoms with van der Waals surface area (Å²) in [5.74, 6) is -0.829. The number of aromatic nitrogens is 1. The quantitative estimate of drug-likeness (QED) is 0.683. The summed E-state index contributed by atoms with van der Waals surface area (Å²) in [4.78, 5) is 21.0. The summed E-state index contributed by atoms with van der Waals surface area (Å²) in [6, 6.07) is 12.0. The second-order valence-electron chi connectivity index (χ2n) is 6.31. The fourth-order valence-corrected chi connectivity index (χ4v) is 3.96. The maximum absolute atomic E-state index is 13.3. The van der Waals surface area contributed by atoms with Gasteiger partial charge in [0.05, 0.1) is 5.69 Å². The Labute approximate surface area is 159 Å². The molecule has 0 spiro atoms. The summed E-state index contributed by atoms with van der Waals surface area (Å²) in [7, 11) is 0. The van der Waals surface area contributed by atoms with Crippen molar-refractivity contribution in [3.63, 3.8) is 0 Å². The Morgan fingerprint density at radius 1 is 0.963 bits per heavy atom. The van der Waals surface area contributed by atoms with E-state index in [1.807, 2.05) is 5.38 Å². The number of hydrogen-bond acceptors (Lipinski definition) is 4. The highest BCUT2D eigenvalue weighted by atomic mass is 32.1. The van der Waals surface area contributed by atoms with E-state index in [4.69, 9.17) is 0 Å². The number of carbonyl (C=O) groups excluding carboxylic acids is 1. The molecule has 0 radical (unpaired) electrons. The van der Waals surface area contributed by atoms with Crippen molar-refractivity contribution in [1.29, 1.82) is 0 Å². The molecule has 1 saturated heterocycles. The fourth-order valence-electron chi connectivity index (χ4n) is 3.07. The topological polar surface area (TPSA) is 36.4 Å². The van der Waals surface area contributed by atoms with Crippen LogP contribution in [0.2, 0.25) is 0 Å². The lowest BCUT2D eigenvalue weighted by molar-refractivity contribution is 0.0746. The van der Waals surface area contributed by atoms with Crippen LogP contribution in [0.25, 0.3) is 11.3 Å². The number of carbonyl (C=O) groups is 1. The molecular weight excluding hydrogens is 368 g/mol. The van der Waals surface area contributed by atoms with Crippen molar-refractivity contribution in [1.82, 2.24) is 9.88 Å². The lowest BCUT2D eigenvalue weighted by Gasteiger charge is -2.34. The van der Waals surface area contributed by atoms with Crippen molar-refractivity contribution in [2.75, 3.05) is 31.1 Å². The zero-order valence-corrected chi connectivity index (χ0v) is 15.3. The Hall–Kier alpha value is -2.80. The molecule has 2 aromatic carbocycles. The van der Waals surface area contributed by atoms with E-state index in [1.165, 1.54) is 35.6 Å². The Morgan fingerprint density at radius 3 is 2.41 bits per heavy atom. The van der Waals surface area contributed by atoms with Crippen LogP contribution in [0.15, 0.2) is 53.9 Å². The van der Waals surface area contributed by atoms with E-state index < -0.39 is 5.82 Å². The van der Waals surface area contributed by atoms with Gasteiger partial charge in [-0.25, -0.2) is 13.8 Å². The summed E-state index contributed by atoms with van der Waals surface area (Å²) in [5, 5.41) is 2.83. The lowest BCUT2D eigenvalue weighted by Crippen LogP contribution is -2.48. The fraction of sp³-hybridized carbons (Fsp3) is 0.200. The van der Waals surface area contributed by atoms with E-state index >= 15 is 0 Å². The van der Waals surface area contributed by atoms with Crippen molar-refractivity contribution in [2.24, 2.45) is 0 Å². The first-order valence-corrected chi connectivity index (χ1v) is 9.49. The highest BCUT2D eigenvalue weighted by Gasteiger charge is 2.24. The molecule has 0 N–H and O–H groups in total. The van der Waals surface area contributed by atoms with Gasteiger partial charge in [-0.3, -0.25) is 4.79 Å². The number of rotatable bonds is 3. The molecule has 0 atom stereocenters. The average molecular weight is 385 g/mol. The van der Waals surface area contributed by atoms with Crippen LogP contribution in [0.1, 0.15) is 10.4 Å². The third-order valence-electron chi connectivity index (χ3n) is 4.54. The molecule has 0 unspecified atom stereocenters. The van der Waals surface area contributed by atoms with Crippen molar-refractivity contribution >= 4 is 22.4 Å². The molecule has 138 valence electrons. The molecule has 1 amide bonds. The van der Waals surface area contributed by atoms with Gasteiger partial charge in [-0.05, 0) is 42.5 Å². The van der Waals surface area contributed by atoms with Crippen LogP contribution < -0.4 is 4.90 Å². The van der Waals surface area contributed by atoms with Crippen LogP contribution in [-0.2, 0) is 0 Å². The predicted octanol–water partition coefficient (Wildman–Crippen LogP) is 4.05. The first-order chi connectivity index (χ1) is 13.1. The molecule has 1 aliphatic heterocycles. The van der Waals surface area contributed by atoms with Crippen LogP contribution in [0.4, 0.5) is 13.9 Å². The molecule has 0 bridgehead atoms. The Kier molecular flexibility index (Phi) is 4.85. The van der Waals surface area contributed by atoms with Gasteiger partial charge in [0, 0.05) is 42.7 Å². The number of amides is 1. The van der Waals surface area contributed by atoms with Crippen molar-refractivity contribution < 1.29 is 13.6 Å². The Bertz CT molecular complexity index is 950. The third kappa shape index (κ3) is 3.83. The van der Waals surface area contributed by atoms with Crippen molar-refractivity contribution in [2.45, 2.75) is 0 Å². The summed E-state index contributed by atoms with van der Waals surface area (Å²) >= 11 is 1.53.